The van der Waals surface area contributed by atoms with Crippen LogP contribution >= 0.6 is 23.2 Å². The van der Waals surface area contributed by atoms with Crippen LogP contribution in [-0.4, -0.2) is 31.1 Å². The lowest BCUT2D eigenvalue weighted by atomic mass is 10.2. The van der Waals surface area contributed by atoms with Gasteiger partial charge in [0.1, 0.15) is 6.61 Å². The van der Waals surface area contributed by atoms with Gasteiger partial charge in [0.05, 0.1) is 17.3 Å². The monoisotopic (exact) mass is 380 g/mol. The smallest absolute Gasteiger partial charge is 0.265 e. The first-order valence-electron chi connectivity index (χ1n) is 7.44. The molecule has 1 heterocycles. The fraction of sp³-hybridized carbons (Fsp3) is 0.176. The number of rotatable bonds is 4. The standard InChI is InChI=1S/C17H14Cl2N2O4/c18-10-5-6-11(19)12(7-10)21-16(22)8-20-17(23)15-9-24-13-3-1-2-4-14(13)25-15/h1-7,15H,8-9H2,(H,20,23)(H,21,22). The number of ether oxygens (including phenoxy) is 2. The highest BCUT2D eigenvalue weighted by Gasteiger charge is 2.27. The summed E-state index contributed by atoms with van der Waals surface area (Å²) in [6.07, 6.45) is -0.822. The number of anilines is 1. The number of amides is 2. The van der Waals surface area contributed by atoms with Crippen molar-refractivity contribution in [1.82, 2.24) is 5.32 Å². The first kappa shape index (κ1) is 17.4. The molecule has 1 unspecified atom stereocenters. The number of fused-ring (bicyclic) bond motifs is 1. The molecule has 0 aliphatic carbocycles. The van der Waals surface area contributed by atoms with Crippen LogP contribution in [0.2, 0.25) is 10.0 Å². The Hall–Kier alpha value is -2.44. The van der Waals surface area contributed by atoms with Crippen molar-refractivity contribution in [2.75, 3.05) is 18.5 Å². The van der Waals surface area contributed by atoms with Crippen LogP contribution in [0.1, 0.15) is 0 Å². The summed E-state index contributed by atoms with van der Waals surface area (Å²) < 4.78 is 11.0. The topological polar surface area (TPSA) is 76.7 Å². The van der Waals surface area contributed by atoms with Gasteiger partial charge in [-0.3, -0.25) is 9.59 Å². The van der Waals surface area contributed by atoms with Gasteiger partial charge in [-0.1, -0.05) is 35.3 Å². The lowest BCUT2D eigenvalue weighted by Crippen LogP contribution is -2.46. The van der Waals surface area contributed by atoms with Crippen molar-refractivity contribution < 1.29 is 19.1 Å². The number of hydrogen-bond acceptors (Lipinski definition) is 4. The van der Waals surface area contributed by atoms with Crippen LogP contribution in [0.3, 0.4) is 0 Å². The number of carbonyl (C=O) groups excluding carboxylic acids is 2. The van der Waals surface area contributed by atoms with Gasteiger partial charge >= 0.3 is 0 Å². The van der Waals surface area contributed by atoms with Gasteiger partial charge in [-0.25, -0.2) is 0 Å². The van der Waals surface area contributed by atoms with Crippen LogP contribution < -0.4 is 20.1 Å². The second-order valence-electron chi connectivity index (χ2n) is 5.25. The number of para-hydroxylation sites is 2. The minimum absolute atomic E-state index is 0.0740. The van der Waals surface area contributed by atoms with E-state index < -0.39 is 17.9 Å². The molecular formula is C17H14Cl2N2O4. The normalized spacial score (nSPS) is 15.4. The molecule has 0 spiro atoms. The molecule has 2 amide bonds. The summed E-state index contributed by atoms with van der Waals surface area (Å²) in [5.74, 6) is 0.195. The van der Waals surface area contributed by atoms with Crippen LogP contribution in [-0.2, 0) is 9.59 Å². The Kier molecular flexibility index (Phi) is 5.31. The molecule has 1 aliphatic rings. The zero-order chi connectivity index (χ0) is 17.8. The minimum atomic E-state index is -0.822. The molecule has 1 atom stereocenters. The van der Waals surface area contributed by atoms with E-state index in [0.29, 0.717) is 27.2 Å². The van der Waals surface area contributed by atoms with Crippen LogP contribution in [0.5, 0.6) is 11.5 Å². The third-order valence-corrected chi connectivity index (χ3v) is 3.99. The second kappa shape index (κ2) is 7.63. The van der Waals surface area contributed by atoms with Crippen molar-refractivity contribution in [3.63, 3.8) is 0 Å². The first-order valence-corrected chi connectivity index (χ1v) is 8.19. The number of benzene rings is 2. The Morgan fingerprint density at radius 1 is 1.12 bits per heavy atom. The van der Waals surface area contributed by atoms with E-state index in [4.69, 9.17) is 32.7 Å². The average molecular weight is 381 g/mol. The fourth-order valence-electron chi connectivity index (χ4n) is 2.22. The van der Waals surface area contributed by atoms with Gasteiger partial charge < -0.3 is 20.1 Å². The Morgan fingerprint density at radius 2 is 1.88 bits per heavy atom. The molecule has 2 N–H and O–H groups in total. The van der Waals surface area contributed by atoms with E-state index in [-0.39, 0.29) is 13.2 Å². The summed E-state index contributed by atoms with van der Waals surface area (Å²) >= 11 is 11.8. The van der Waals surface area contributed by atoms with Gasteiger partial charge in [0.15, 0.2) is 11.5 Å². The van der Waals surface area contributed by atoms with Crippen molar-refractivity contribution in [1.29, 1.82) is 0 Å². The maximum Gasteiger partial charge on any atom is 0.265 e. The van der Waals surface area contributed by atoms with Gasteiger partial charge in [0.25, 0.3) is 5.91 Å². The quantitative estimate of drug-likeness (QED) is 0.854. The third kappa shape index (κ3) is 4.35. The summed E-state index contributed by atoms with van der Waals surface area (Å²) in [5.41, 5.74) is 0.375. The molecule has 2 aromatic carbocycles. The molecule has 2 aromatic rings. The molecule has 3 rings (SSSR count). The zero-order valence-electron chi connectivity index (χ0n) is 12.9. The van der Waals surface area contributed by atoms with Crippen LogP contribution in [0.25, 0.3) is 0 Å². The Bertz CT molecular complexity index is 813. The molecule has 0 saturated carbocycles. The predicted molar refractivity (Wildman–Crippen MR) is 94.5 cm³/mol. The Morgan fingerprint density at radius 3 is 2.68 bits per heavy atom. The van der Waals surface area contributed by atoms with E-state index >= 15 is 0 Å². The maximum absolute atomic E-state index is 12.1. The van der Waals surface area contributed by atoms with E-state index in [1.165, 1.54) is 6.07 Å². The average Bonchev–Trinajstić information content (AvgIpc) is 2.62. The molecule has 8 heteroatoms. The van der Waals surface area contributed by atoms with Crippen LogP contribution in [0, 0.1) is 0 Å². The SMILES string of the molecule is O=C(CNC(=O)C1COc2ccccc2O1)Nc1cc(Cl)ccc1Cl. The lowest BCUT2D eigenvalue weighted by Gasteiger charge is -2.25. The Balaban J connectivity index is 1.52. The van der Waals surface area contributed by atoms with Gasteiger partial charge in [-0.2, -0.15) is 0 Å². The highest BCUT2D eigenvalue weighted by atomic mass is 35.5. The van der Waals surface area contributed by atoms with Crippen molar-refractivity contribution in [2.24, 2.45) is 0 Å². The number of halogens is 2. The molecule has 0 saturated heterocycles. The van der Waals surface area contributed by atoms with E-state index in [2.05, 4.69) is 10.6 Å². The van der Waals surface area contributed by atoms with E-state index in [1.54, 1.807) is 30.3 Å². The van der Waals surface area contributed by atoms with E-state index in [0.717, 1.165) is 0 Å². The molecule has 25 heavy (non-hydrogen) atoms. The molecule has 130 valence electrons. The third-order valence-electron chi connectivity index (χ3n) is 3.43. The predicted octanol–water partition coefficient (Wildman–Crippen LogP) is 2.89. The number of nitrogens with one attached hydrogen (secondary N) is 2. The summed E-state index contributed by atoms with van der Waals surface area (Å²) in [4.78, 5) is 24.1. The lowest BCUT2D eigenvalue weighted by molar-refractivity contribution is -0.131. The minimum Gasteiger partial charge on any atom is -0.485 e. The van der Waals surface area contributed by atoms with Crippen molar-refractivity contribution in [2.45, 2.75) is 6.10 Å². The van der Waals surface area contributed by atoms with Crippen molar-refractivity contribution in [3.8, 4) is 11.5 Å². The number of carbonyl (C=O) groups is 2. The second-order valence-corrected chi connectivity index (χ2v) is 6.10. The van der Waals surface area contributed by atoms with Crippen LogP contribution in [0.4, 0.5) is 5.69 Å². The molecule has 0 bridgehead atoms. The highest BCUT2D eigenvalue weighted by molar-refractivity contribution is 6.35. The molecular weight excluding hydrogens is 367 g/mol. The van der Waals surface area contributed by atoms with Gasteiger partial charge in [-0.15, -0.1) is 0 Å². The number of hydrogen-bond donors (Lipinski definition) is 2. The van der Waals surface area contributed by atoms with E-state index in [1.807, 2.05) is 6.07 Å². The van der Waals surface area contributed by atoms with Crippen molar-refractivity contribution in [3.05, 3.63) is 52.5 Å². The molecule has 0 radical (unpaired) electrons. The summed E-state index contributed by atoms with van der Waals surface area (Å²) in [6, 6.07) is 11.8. The summed E-state index contributed by atoms with van der Waals surface area (Å²) in [5, 5.41) is 5.88. The summed E-state index contributed by atoms with van der Waals surface area (Å²) in [7, 11) is 0. The van der Waals surface area contributed by atoms with Gasteiger partial charge in [0, 0.05) is 5.02 Å². The molecule has 6 nitrogen and oxygen atoms in total. The zero-order valence-corrected chi connectivity index (χ0v) is 14.4. The molecule has 1 aliphatic heterocycles. The molecule has 0 aromatic heterocycles. The maximum atomic E-state index is 12.1. The van der Waals surface area contributed by atoms with Crippen LogP contribution in [0.15, 0.2) is 42.5 Å². The van der Waals surface area contributed by atoms with Gasteiger partial charge in [-0.05, 0) is 30.3 Å². The van der Waals surface area contributed by atoms with Crippen molar-refractivity contribution >= 4 is 40.7 Å². The first-order chi connectivity index (χ1) is 12.0. The largest absolute Gasteiger partial charge is 0.485 e. The summed E-state index contributed by atoms with van der Waals surface area (Å²) in [6.45, 7) is -0.159. The fourth-order valence-corrected chi connectivity index (χ4v) is 2.55. The molecule has 0 fully saturated rings. The highest BCUT2D eigenvalue weighted by Crippen LogP contribution is 2.30. The Labute approximate surface area is 154 Å². The van der Waals surface area contributed by atoms with Gasteiger partial charge in [0.2, 0.25) is 12.0 Å². The van der Waals surface area contributed by atoms with E-state index in [9.17, 15) is 9.59 Å².